The first-order chi connectivity index (χ1) is 13.8. The molecule has 1 aliphatic heterocycles. The van der Waals surface area contributed by atoms with Crippen LogP contribution in [0, 0.1) is 10.1 Å². The maximum Gasteiger partial charge on any atom is 0.433 e. The van der Waals surface area contributed by atoms with Crippen molar-refractivity contribution in [1.82, 2.24) is 14.5 Å². The van der Waals surface area contributed by atoms with E-state index in [0.29, 0.717) is 12.1 Å². The Kier molecular flexibility index (Phi) is 4.96. The summed E-state index contributed by atoms with van der Waals surface area (Å²) in [7, 11) is 0. The minimum atomic E-state index is -4.47. The Morgan fingerprint density at radius 1 is 1.34 bits per heavy atom. The van der Waals surface area contributed by atoms with Crippen molar-refractivity contribution in [3.63, 3.8) is 0 Å². The number of hydrogen-bond donors (Lipinski definition) is 0. The van der Waals surface area contributed by atoms with Crippen LogP contribution in [0.1, 0.15) is 10.6 Å². The maximum absolute atomic E-state index is 12.6. The lowest BCUT2D eigenvalue weighted by molar-refractivity contribution is -0.389. The van der Waals surface area contributed by atoms with Crippen molar-refractivity contribution >= 4 is 17.2 Å². The molecule has 1 atom stereocenters. The zero-order chi connectivity index (χ0) is 20.6. The Hall–Kier alpha value is -2.99. The van der Waals surface area contributed by atoms with Crippen LogP contribution >= 0.6 is 11.3 Å². The number of rotatable bonds is 5. The second-order valence-electron chi connectivity index (χ2n) is 6.23. The topological polar surface area (TPSA) is 92.3 Å². The van der Waals surface area contributed by atoms with Gasteiger partial charge < -0.3 is 19.6 Å². The largest absolute Gasteiger partial charge is 0.443 e. The molecule has 4 rings (SSSR count). The zero-order valence-corrected chi connectivity index (χ0v) is 15.4. The van der Waals surface area contributed by atoms with Crippen LogP contribution in [0.25, 0.3) is 10.4 Å². The standard InChI is InChI=1S/C17H13F3N4O4S/c18-17(19,20)14-4-1-10(5-21-14)13-3-2-12(29-13)9-27-11-6-23-7-15(24(25)26)22-16(23)28-8-11/h1-5,7,11H,6,8-9H2/t11-/m0/s1. The predicted octanol–water partition coefficient (Wildman–Crippen LogP) is 3.91. The summed E-state index contributed by atoms with van der Waals surface area (Å²) < 4.78 is 50.6. The number of pyridine rings is 1. The molecule has 0 saturated heterocycles. The summed E-state index contributed by atoms with van der Waals surface area (Å²) in [6, 6.07) is 6.14. The molecule has 0 amide bonds. The number of thiophene rings is 1. The van der Waals surface area contributed by atoms with Crippen LogP contribution in [0.5, 0.6) is 6.01 Å². The first-order valence-corrected chi connectivity index (χ1v) is 9.19. The number of nitrogens with zero attached hydrogens (tertiary/aromatic N) is 4. The van der Waals surface area contributed by atoms with Crippen molar-refractivity contribution in [1.29, 1.82) is 0 Å². The highest BCUT2D eigenvalue weighted by Crippen LogP contribution is 2.32. The number of alkyl halides is 3. The molecule has 12 heteroatoms. The molecular weight excluding hydrogens is 413 g/mol. The van der Waals surface area contributed by atoms with Gasteiger partial charge in [0.25, 0.3) is 0 Å². The Labute approximate surface area is 165 Å². The van der Waals surface area contributed by atoms with Crippen molar-refractivity contribution in [2.24, 2.45) is 0 Å². The van der Waals surface area contributed by atoms with Gasteiger partial charge in [0, 0.05) is 26.5 Å². The third-order valence-electron chi connectivity index (χ3n) is 4.17. The first-order valence-electron chi connectivity index (χ1n) is 8.38. The average Bonchev–Trinajstić information content (AvgIpc) is 3.32. The van der Waals surface area contributed by atoms with E-state index in [2.05, 4.69) is 9.97 Å². The Balaban J connectivity index is 1.37. The number of ether oxygens (including phenoxy) is 2. The van der Waals surface area contributed by atoms with E-state index in [9.17, 15) is 23.3 Å². The molecule has 4 heterocycles. The summed E-state index contributed by atoms with van der Waals surface area (Å²) >= 11 is 1.39. The molecule has 0 spiro atoms. The highest BCUT2D eigenvalue weighted by molar-refractivity contribution is 7.15. The van der Waals surface area contributed by atoms with Gasteiger partial charge in [0.15, 0.2) is 0 Å². The normalized spacial score (nSPS) is 16.3. The van der Waals surface area contributed by atoms with Crippen molar-refractivity contribution < 1.29 is 27.6 Å². The zero-order valence-electron chi connectivity index (χ0n) is 14.6. The molecule has 3 aromatic rings. The van der Waals surface area contributed by atoms with E-state index >= 15 is 0 Å². The second-order valence-corrected chi connectivity index (χ2v) is 7.40. The minimum absolute atomic E-state index is 0.185. The fraction of sp³-hybridized carbons (Fsp3) is 0.294. The van der Waals surface area contributed by atoms with Crippen molar-refractivity contribution in [2.45, 2.75) is 25.4 Å². The number of hydrogen-bond acceptors (Lipinski definition) is 7. The Morgan fingerprint density at radius 2 is 2.17 bits per heavy atom. The van der Waals surface area contributed by atoms with Crippen LogP contribution in [-0.2, 0) is 24.1 Å². The summed E-state index contributed by atoms with van der Waals surface area (Å²) in [5.74, 6) is -0.284. The molecule has 0 N–H and O–H groups in total. The van der Waals surface area contributed by atoms with Crippen LogP contribution in [0.2, 0.25) is 0 Å². The van der Waals surface area contributed by atoms with Crippen LogP contribution < -0.4 is 4.74 Å². The summed E-state index contributed by atoms with van der Waals surface area (Å²) in [4.78, 5) is 19.1. The van der Waals surface area contributed by atoms with Gasteiger partial charge >= 0.3 is 18.0 Å². The van der Waals surface area contributed by atoms with Gasteiger partial charge in [-0.05, 0) is 29.2 Å². The van der Waals surface area contributed by atoms with Crippen molar-refractivity contribution in [3.8, 4) is 16.5 Å². The van der Waals surface area contributed by atoms with Gasteiger partial charge in [-0.3, -0.25) is 9.55 Å². The van der Waals surface area contributed by atoms with E-state index in [1.165, 1.54) is 34.4 Å². The van der Waals surface area contributed by atoms with Gasteiger partial charge in [-0.1, -0.05) is 0 Å². The molecule has 0 bridgehead atoms. The molecule has 0 radical (unpaired) electrons. The molecule has 0 saturated carbocycles. The highest BCUT2D eigenvalue weighted by atomic mass is 32.1. The van der Waals surface area contributed by atoms with E-state index in [1.807, 2.05) is 6.07 Å². The number of imidazole rings is 1. The van der Waals surface area contributed by atoms with E-state index in [4.69, 9.17) is 9.47 Å². The Bertz CT molecular complexity index is 1030. The lowest BCUT2D eigenvalue weighted by Crippen LogP contribution is -2.32. The molecule has 152 valence electrons. The predicted molar refractivity (Wildman–Crippen MR) is 95.5 cm³/mol. The summed E-state index contributed by atoms with van der Waals surface area (Å²) in [5, 5.41) is 10.8. The quantitative estimate of drug-likeness (QED) is 0.454. The molecule has 3 aromatic heterocycles. The molecular formula is C17H13F3N4O4S. The van der Waals surface area contributed by atoms with Crippen LogP contribution in [0.3, 0.4) is 0 Å². The maximum atomic E-state index is 12.6. The fourth-order valence-corrected chi connectivity index (χ4v) is 3.70. The van der Waals surface area contributed by atoms with Gasteiger partial charge in [0.1, 0.15) is 24.6 Å². The molecule has 0 aromatic carbocycles. The summed E-state index contributed by atoms with van der Waals surface area (Å²) in [6.07, 6.45) is -2.28. The number of nitro groups is 1. The van der Waals surface area contributed by atoms with Gasteiger partial charge in [-0.2, -0.15) is 13.2 Å². The van der Waals surface area contributed by atoms with Crippen LogP contribution in [0.4, 0.5) is 19.0 Å². The van der Waals surface area contributed by atoms with E-state index in [-0.39, 0.29) is 31.1 Å². The fourth-order valence-electron chi connectivity index (χ4n) is 2.78. The number of halogens is 3. The average molecular weight is 426 g/mol. The van der Waals surface area contributed by atoms with E-state index < -0.39 is 16.8 Å². The molecule has 1 aliphatic rings. The van der Waals surface area contributed by atoms with Crippen LogP contribution in [-0.4, -0.2) is 32.2 Å². The van der Waals surface area contributed by atoms with Gasteiger partial charge in [-0.15, -0.1) is 11.3 Å². The van der Waals surface area contributed by atoms with E-state index in [1.54, 1.807) is 6.07 Å². The van der Waals surface area contributed by atoms with Crippen molar-refractivity contribution in [3.05, 3.63) is 57.3 Å². The second kappa shape index (κ2) is 7.44. The van der Waals surface area contributed by atoms with Crippen molar-refractivity contribution in [2.75, 3.05) is 6.61 Å². The van der Waals surface area contributed by atoms with E-state index in [0.717, 1.165) is 15.8 Å². The smallest absolute Gasteiger partial charge is 0.433 e. The lowest BCUT2D eigenvalue weighted by Gasteiger charge is -2.22. The molecule has 8 nitrogen and oxygen atoms in total. The monoisotopic (exact) mass is 426 g/mol. The van der Waals surface area contributed by atoms with Gasteiger partial charge in [0.05, 0.1) is 13.2 Å². The molecule has 29 heavy (non-hydrogen) atoms. The summed E-state index contributed by atoms with van der Waals surface area (Å²) in [6.45, 7) is 0.866. The Morgan fingerprint density at radius 3 is 2.86 bits per heavy atom. The first kappa shape index (κ1) is 19.3. The number of aromatic nitrogens is 3. The van der Waals surface area contributed by atoms with Gasteiger partial charge in [-0.25, -0.2) is 0 Å². The SMILES string of the molecule is O=[N+]([O-])c1cn2c(n1)OC[C@@H](OCc1ccc(-c3ccc(C(F)(F)F)nc3)s1)C2. The molecule has 0 aliphatic carbocycles. The minimum Gasteiger partial charge on any atom is -0.443 e. The lowest BCUT2D eigenvalue weighted by atomic mass is 10.2. The molecule has 0 fully saturated rings. The van der Waals surface area contributed by atoms with Gasteiger partial charge in [0.2, 0.25) is 0 Å². The molecule has 0 unspecified atom stereocenters. The third-order valence-corrected chi connectivity index (χ3v) is 5.28. The summed E-state index contributed by atoms with van der Waals surface area (Å²) in [5.41, 5.74) is -0.344. The highest BCUT2D eigenvalue weighted by Gasteiger charge is 2.32. The third kappa shape index (κ3) is 4.22. The number of fused-ring (bicyclic) bond motifs is 1. The van der Waals surface area contributed by atoms with Crippen LogP contribution in [0.15, 0.2) is 36.7 Å².